The average molecular weight is 248 g/mol. The van der Waals surface area contributed by atoms with Crippen LogP contribution in [-0.4, -0.2) is 30.7 Å². The molecule has 1 heterocycles. The highest BCUT2D eigenvalue weighted by Gasteiger charge is 2.12. The molecule has 1 aromatic rings. The Balaban J connectivity index is 1.82. The minimum Gasteiger partial charge on any atom is -0.396 e. The zero-order valence-corrected chi connectivity index (χ0v) is 10.5. The Morgan fingerprint density at radius 1 is 1.33 bits per heavy atom. The fourth-order valence-electron chi connectivity index (χ4n) is 2.15. The lowest BCUT2D eigenvalue weighted by Gasteiger charge is -2.07. The minimum atomic E-state index is -0.0181. The van der Waals surface area contributed by atoms with Crippen LogP contribution < -0.4 is 10.6 Å². The zero-order chi connectivity index (χ0) is 12.8. The first kappa shape index (κ1) is 12.9. The molecule has 0 radical (unpaired) electrons. The Bertz CT molecular complexity index is 418. The van der Waals surface area contributed by atoms with Gasteiger partial charge in [0.25, 0.3) is 5.91 Å². The Labute approximate surface area is 107 Å². The van der Waals surface area contributed by atoms with Gasteiger partial charge in [0, 0.05) is 30.9 Å². The second kappa shape index (κ2) is 6.40. The number of unbranched alkanes of at least 4 members (excludes halogenated alkanes) is 2. The first-order chi connectivity index (χ1) is 8.81. The van der Waals surface area contributed by atoms with Gasteiger partial charge < -0.3 is 15.7 Å². The summed E-state index contributed by atoms with van der Waals surface area (Å²) in [7, 11) is 0. The molecular weight excluding hydrogens is 228 g/mol. The van der Waals surface area contributed by atoms with Crippen LogP contribution in [0, 0.1) is 0 Å². The van der Waals surface area contributed by atoms with Crippen molar-refractivity contribution in [1.82, 2.24) is 5.32 Å². The van der Waals surface area contributed by atoms with Crippen molar-refractivity contribution < 1.29 is 9.90 Å². The van der Waals surface area contributed by atoms with E-state index in [0.29, 0.717) is 12.1 Å². The summed E-state index contributed by atoms with van der Waals surface area (Å²) >= 11 is 0. The molecule has 4 nitrogen and oxygen atoms in total. The molecule has 0 atom stereocenters. The number of fused-ring (bicyclic) bond motifs is 1. The standard InChI is InChI=1S/C14H20N2O2/c17-9-3-1-2-7-16-14(18)12-5-4-11-6-8-15-13(11)10-12/h4-5,10,15,17H,1-3,6-9H2,(H,16,18). The van der Waals surface area contributed by atoms with Gasteiger partial charge in [0.1, 0.15) is 0 Å². The first-order valence-corrected chi connectivity index (χ1v) is 6.57. The van der Waals surface area contributed by atoms with Crippen molar-refractivity contribution in [3.05, 3.63) is 29.3 Å². The van der Waals surface area contributed by atoms with Crippen LogP contribution in [0.25, 0.3) is 0 Å². The van der Waals surface area contributed by atoms with E-state index in [4.69, 9.17) is 5.11 Å². The van der Waals surface area contributed by atoms with Gasteiger partial charge in [-0.25, -0.2) is 0 Å². The number of aliphatic hydroxyl groups excluding tert-OH is 1. The highest BCUT2D eigenvalue weighted by atomic mass is 16.2. The molecule has 0 unspecified atom stereocenters. The van der Waals surface area contributed by atoms with Gasteiger partial charge in [0.05, 0.1) is 0 Å². The molecule has 1 amide bonds. The predicted octanol–water partition coefficient (Wildman–Crippen LogP) is 1.55. The molecule has 18 heavy (non-hydrogen) atoms. The normalized spacial score (nSPS) is 12.9. The van der Waals surface area contributed by atoms with Crippen LogP contribution in [0.3, 0.4) is 0 Å². The highest BCUT2D eigenvalue weighted by molar-refractivity contribution is 5.95. The summed E-state index contributed by atoms with van der Waals surface area (Å²) in [4.78, 5) is 11.9. The molecule has 0 saturated heterocycles. The summed E-state index contributed by atoms with van der Waals surface area (Å²) in [5.74, 6) is -0.0181. The van der Waals surface area contributed by atoms with Crippen LogP contribution >= 0.6 is 0 Å². The lowest BCUT2D eigenvalue weighted by Crippen LogP contribution is -2.24. The van der Waals surface area contributed by atoms with E-state index in [1.54, 1.807) is 0 Å². The number of nitrogens with one attached hydrogen (secondary N) is 2. The van der Waals surface area contributed by atoms with Gasteiger partial charge >= 0.3 is 0 Å². The summed E-state index contributed by atoms with van der Waals surface area (Å²) < 4.78 is 0. The largest absolute Gasteiger partial charge is 0.396 e. The van der Waals surface area contributed by atoms with Gasteiger partial charge in [-0.3, -0.25) is 4.79 Å². The van der Waals surface area contributed by atoms with Gasteiger partial charge in [0.2, 0.25) is 0 Å². The molecule has 1 aliphatic rings. The smallest absolute Gasteiger partial charge is 0.251 e. The number of amides is 1. The van der Waals surface area contributed by atoms with Crippen molar-refractivity contribution in [2.24, 2.45) is 0 Å². The average Bonchev–Trinajstić information content (AvgIpc) is 2.85. The Hall–Kier alpha value is -1.55. The van der Waals surface area contributed by atoms with E-state index in [1.165, 1.54) is 5.56 Å². The van der Waals surface area contributed by atoms with Crippen molar-refractivity contribution in [3.63, 3.8) is 0 Å². The van der Waals surface area contributed by atoms with Gasteiger partial charge in [-0.1, -0.05) is 6.07 Å². The van der Waals surface area contributed by atoms with Crippen LogP contribution in [0.1, 0.15) is 35.2 Å². The van der Waals surface area contributed by atoms with Crippen LogP contribution in [0.2, 0.25) is 0 Å². The second-order valence-corrected chi connectivity index (χ2v) is 4.59. The maximum atomic E-state index is 11.9. The lowest BCUT2D eigenvalue weighted by atomic mass is 10.1. The van der Waals surface area contributed by atoms with Crippen LogP contribution in [0.15, 0.2) is 18.2 Å². The van der Waals surface area contributed by atoms with Gasteiger partial charge in [-0.2, -0.15) is 0 Å². The van der Waals surface area contributed by atoms with E-state index in [-0.39, 0.29) is 12.5 Å². The SMILES string of the molecule is O=C(NCCCCCO)c1ccc2c(c1)NCC2. The number of hydrogen-bond acceptors (Lipinski definition) is 3. The van der Waals surface area contributed by atoms with Crippen molar-refractivity contribution in [2.75, 3.05) is 25.0 Å². The van der Waals surface area contributed by atoms with Gasteiger partial charge in [0.15, 0.2) is 0 Å². The van der Waals surface area contributed by atoms with E-state index in [0.717, 1.165) is 37.9 Å². The van der Waals surface area contributed by atoms with Crippen LogP contribution in [-0.2, 0) is 6.42 Å². The Morgan fingerprint density at radius 2 is 2.22 bits per heavy atom. The topological polar surface area (TPSA) is 61.4 Å². The Morgan fingerprint density at radius 3 is 3.06 bits per heavy atom. The molecule has 0 aromatic heterocycles. The Kier molecular flexibility index (Phi) is 4.59. The van der Waals surface area contributed by atoms with E-state index in [9.17, 15) is 4.79 Å². The zero-order valence-electron chi connectivity index (χ0n) is 10.5. The molecule has 98 valence electrons. The molecule has 0 bridgehead atoms. The lowest BCUT2D eigenvalue weighted by molar-refractivity contribution is 0.0953. The summed E-state index contributed by atoms with van der Waals surface area (Å²) in [5.41, 5.74) is 3.09. The quantitative estimate of drug-likeness (QED) is 0.669. The molecule has 2 rings (SSSR count). The third-order valence-electron chi connectivity index (χ3n) is 3.20. The maximum absolute atomic E-state index is 11.9. The summed E-state index contributed by atoms with van der Waals surface area (Å²) in [6.45, 7) is 1.86. The first-order valence-electron chi connectivity index (χ1n) is 6.57. The number of rotatable bonds is 6. The fraction of sp³-hybridized carbons (Fsp3) is 0.500. The molecule has 3 N–H and O–H groups in total. The number of aliphatic hydroxyl groups is 1. The monoisotopic (exact) mass is 248 g/mol. The van der Waals surface area contributed by atoms with Crippen molar-refractivity contribution in [1.29, 1.82) is 0 Å². The van der Waals surface area contributed by atoms with Crippen LogP contribution in [0.5, 0.6) is 0 Å². The summed E-state index contributed by atoms with van der Waals surface area (Å²) in [6, 6.07) is 5.83. The molecule has 0 aliphatic carbocycles. The van der Waals surface area contributed by atoms with Crippen molar-refractivity contribution >= 4 is 11.6 Å². The predicted molar refractivity (Wildman–Crippen MR) is 71.9 cm³/mol. The molecule has 0 spiro atoms. The van der Waals surface area contributed by atoms with Crippen LogP contribution in [0.4, 0.5) is 5.69 Å². The summed E-state index contributed by atoms with van der Waals surface area (Å²) in [6.07, 6.45) is 3.70. The third kappa shape index (κ3) is 3.23. The second-order valence-electron chi connectivity index (χ2n) is 4.59. The van der Waals surface area contributed by atoms with E-state index in [2.05, 4.69) is 10.6 Å². The van der Waals surface area contributed by atoms with Crippen molar-refractivity contribution in [3.8, 4) is 0 Å². The molecule has 4 heteroatoms. The molecule has 0 saturated carbocycles. The van der Waals surface area contributed by atoms with E-state index >= 15 is 0 Å². The number of hydrogen-bond donors (Lipinski definition) is 3. The summed E-state index contributed by atoms with van der Waals surface area (Å²) in [5, 5.41) is 14.8. The minimum absolute atomic E-state index is 0.0181. The highest BCUT2D eigenvalue weighted by Crippen LogP contribution is 2.23. The number of carbonyl (C=O) groups excluding carboxylic acids is 1. The number of anilines is 1. The van der Waals surface area contributed by atoms with E-state index in [1.807, 2.05) is 18.2 Å². The number of benzene rings is 1. The van der Waals surface area contributed by atoms with Gasteiger partial charge in [-0.15, -0.1) is 0 Å². The van der Waals surface area contributed by atoms with E-state index < -0.39 is 0 Å². The van der Waals surface area contributed by atoms with Gasteiger partial charge in [-0.05, 0) is 43.4 Å². The molecule has 1 aliphatic heterocycles. The fourth-order valence-corrected chi connectivity index (χ4v) is 2.15. The molecular formula is C14H20N2O2. The van der Waals surface area contributed by atoms with Crippen molar-refractivity contribution in [2.45, 2.75) is 25.7 Å². The number of carbonyl (C=O) groups is 1. The molecule has 0 fully saturated rings. The third-order valence-corrected chi connectivity index (χ3v) is 3.20. The maximum Gasteiger partial charge on any atom is 0.251 e. The molecule has 1 aromatic carbocycles.